The van der Waals surface area contributed by atoms with Gasteiger partial charge in [-0.1, -0.05) is 62.4 Å². The van der Waals surface area contributed by atoms with Gasteiger partial charge in [0.1, 0.15) is 11.9 Å². The molecule has 0 saturated heterocycles. The zero-order valence-electron chi connectivity index (χ0n) is 17.5. The average Bonchev–Trinajstić information content (AvgIpc) is 3.45. The van der Waals surface area contributed by atoms with E-state index in [2.05, 4.69) is 56.6 Å². The monoisotopic (exact) mass is 417 g/mol. The van der Waals surface area contributed by atoms with Crippen molar-refractivity contribution in [3.63, 3.8) is 0 Å². The van der Waals surface area contributed by atoms with Crippen LogP contribution in [-0.2, 0) is 6.54 Å². The molecule has 8 heteroatoms. The first-order chi connectivity index (χ1) is 15.1. The number of H-pyrrole nitrogens is 1. The van der Waals surface area contributed by atoms with Crippen molar-refractivity contribution >= 4 is 0 Å². The Bertz CT molecular complexity index is 1170. The summed E-state index contributed by atoms with van der Waals surface area (Å²) in [4.78, 5) is 2.29. The van der Waals surface area contributed by atoms with Gasteiger partial charge in [0.25, 0.3) is 0 Å². The number of fused-ring (bicyclic) bond motifs is 1. The van der Waals surface area contributed by atoms with Crippen LogP contribution in [0, 0.1) is 5.82 Å². The molecule has 0 amide bonds. The van der Waals surface area contributed by atoms with Crippen molar-refractivity contribution in [2.45, 2.75) is 38.4 Å². The third-order valence-electron chi connectivity index (χ3n) is 5.89. The molecule has 2 unspecified atom stereocenters. The molecular formula is C23H24FN7. The van der Waals surface area contributed by atoms with Crippen molar-refractivity contribution in [2.75, 3.05) is 6.54 Å². The van der Waals surface area contributed by atoms with Crippen LogP contribution >= 0.6 is 0 Å². The molecule has 1 aliphatic rings. The van der Waals surface area contributed by atoms with E-state index in [9.17, 15) is 0 Å². The minimum absolute atomic E-state index is 0.132. The van der Waals surface area contributed by atoms with Crippen molar-refractivity contribution in [3.8, 4) is 0 Å². The van der Waals surface area contributed by atoms with Crippen molar-refractivity contribution in [2.24, 2.45) is 0 Å². The topological polar surface area (TPSA) is 75.5 Å². The molecule has 0 radical (unpaired) electrons. The number of halogens is 1. The van der Waals surface area contributed by atoms with Gasteiger partial charge < -0.3 is 0 Å². The number of tetrazole rings is 1. The first kappa shape index (κ1) is 19.6. The number of aromatic amines is 1. The summed E-state index contributed by atoms with van der Waals surface area (Å²) in [5.41, 5.74) is 3.77. The van der Waals surface area contributed by atoms with Gasteiger partial charge >= 0.3 is 0 Å². The molecular weight excluding hydrogens is 393 g/mol. The van der Waals surface area contributed by atoms with Crippen LogP contribution < -0.4 is 0 Å². The maximum Gasteiger partial charge on any atom is 0.173 e. The molecule has 0 fully saturated rings. The highest BCUT2D eigenvalue weighted by Crippen LogP contribution is 2.42. The quantitative estimate of drug-likeness (QED) is 0.534. The molecule has 31 heavy (non-hydrogen) atoms. The zero-order chi connectivity index (χ0) is 21.4. The van der Waals surface area contributed by atoms with Gasteiger partial charge in [-0.3, -0.25) is 10.00 Å². The molecule has 2 aromatic carbocycles. The highest BCUT2D eigenvalue weighted by atomic mass is 19.1. The highest BCUT2D eigenvalue weighted by Gasteiger charge is 2.39. The second-order valence-electron chi connectivity index (χ2n) is 8.12. The predicted octanol–water partition coefficient (Wildman–Crippen LogP) is 3.85. The van der Waals surface area contributed by atoms with E-state index in [4.69, 9.17) is 0 Å². The molecule has 3 heterocycles. The Morgan fingerprint density at radius 3 is 2.58 bits per heavy atom. The van der Waals surface area contributed by atoms with Crippen LogP contribution in [0.3, 0.4) is 0 Å². The third kappa shape index (κ3) is 3.42. The van der Waals surface area contributed by atoms with Crippen LogP contribution in [0.2, 0.25) is 0 Å². The number of hydrogen-bond acceptors (Lipinski definition) is 5. The maximum atomic E-state index is 15.0. The van der Waals surface area contributed by atoms with Crippen LogP contribution in [0.15, 0.2) is 60.8 Å². The molecule has 2 aromatic heterocycles. The number of nitrogens with zero attached hydrogens (tertiary/aromatic N) is 6. The molecule has 0 spiro atoms. The van der Waals surface area contributed by atoms with Gasteiger partial charge in [0.05, 0.1) is 18.3 Å². The minimum atomic E-state index is -0.426. The molecule has 7 nitrogen and oxygen atoms in total. The van der Waals surface area contributed by atoms with E-state index in [0.717, 1.165) is 16.8 Å². The normalized spacial score (nSPS) is 17.6. The van der Waals surface area contributed by atoms with Gasteiger partial charge in [-0.15, -0.1) is 5.10 Å². The van der Waals surface area contributed by atoms with Gasteiger partial charge in [-0.25, -0.2) is 9.07 Å². The highest BCUT2D eigenvalue weighted by molar-refractivity contribution is 5.37. The first-order valence-corrected chi connectivity index (χ1v) is 10.5. The fourth-order valence-electron chi connectivity index (χ4n) is 4.52. The number of rotatable bonds is 5. The number of aromatic nitrogens is 6. The summed E-state index contributed by atoms with van der Waals surface area (Å²) in [5.74, 6) is 0.624. The Balaban J connectivity index is 1.71. The lowest BCUT2D eigenvalue weighted by Gasteiger charge is -2.41. The summed E-state index contributed by atoms with van der Waals surface area (Å²) in [6.45, 7) is 5.56. The van der Waals surface area contributed by atoms with Crippen molar-refractivity contribution in [1.29, 1.82) is 0 Å². The van der Waals surface area contributed by atoms with Gasteiger partial charge in [-0.05, 0) is 28.0 Å². The summed E-state index contributed by atoms with van der Waals surface area (Å²) < 4.78 is 16.8. The molecule has 0 saturated carbocycles. The van der Waals surface area contributed by atoms with E-state index >= 15 is 4.39 Å². The number of nitrogens with one attached hydrogen (secondary N) is 1. The zero-order valence-corrected chi connectivity index (χ0v) is 17.5. The summed E-state index contributed by atoms with van der Waals surface area (Å²) in [6, 6.07) is 16.6. The van der Waals surface area contributed by atoms with Gasteiger partial charge in [0.15, 0.2) is 5.82 Å². The standard InChI is InChI=1S/C23H24FN7/c1-15(2)20-18(14-25-26-20)21(16-8-4-3-5-9-16)30-12-13-31-23(27-28-29-31)22(30)17-10-6-7-11-19(17)24/h3-11,14-15,21-22H,12-13H2,1-2H3,(H,25,26). The van der Waals surface area contributed by atoms with Gasteiger partial charge in [0, 0.05) is 23.9 Å². The van der Waals surface area contributed by atoms with Crippen LogP contribution in [0.25, 0.3) is 0 Å². The van der Waals surface area contributed by atoms with Crippen molar-refractivity contribution in [3.05, 3.63) is 94.8 Å². The fraction of sp³-hybridized carbons (Fsp3) is 0.304. The smallest absolute Gasteiger partial charge is 0.173 e. The van der Waals surface area contributed by atoms with Gasteiger partial charge in [0.2, 0.25) is 0 Å². The van der Waals surface area contributed by atoms with Gasteiger partial charge in [-0.2, -0.15) is 5.10 Å². The minimum Gasteiger partial charge on any atom is -0.285 e. The summed E-state index contributed by atoms with van der Waals surface area (Å²) in [7, 11) is 0. The van der Waals surface area contributed by atoms with E-state index in [1.807, 2.05) is 36.5 Å². The lowest BCUT2D eigenvalue weighted by molar-refractivity contribution is 0.132. The summed E-state index contributed by atoms with van der Waals surface area (Å²) >= 11 is 0. The van der Waals surface area contributed by atoms with Crippen LogP contribution in [-0.4, -0.2) is 41.8 Å². The van der Waals surface area contributed by atoms with E-state index in [-0.39, 0.29) is 17.8 Å². The van der Waals surface area contributed by atoms with Crippen LogP contribution in [0.1, 0.15) is 60.1 Å². The molecule has 0 aliphatic carbocycles. The van der Waals surface area contributed by atoms with Crippen molar-refractivity contribution in [1.82, 2.24) is 35.3 Å². The molecule has 2 atom stereocenters. The van der Waals surface area contributed by atoms with Crippen LogP contribution in [0.5, 0.6) is 0 Å². The lowest BCUT2D eigenvalue weighted by Crippen LogP contribution is -2.42. The molecule has 158 valence electrons. The Morgan fingerprint density at radius 2 is 1.81 bits per heavy atom. The second kappa shape index (κ2) is 8.03. The Labute approximate surface area is 179 Å². The van der Waals surface area contributed by atoms with Crippen LogP contribution in [0.4, 0.5) is 4.39 Å². The fourth-order valence-corrected chi connectivity index (χ4v) is 4.52. The molecule has 5 rings (SSSR count). The SMILES string of the molecule is CC(C)c1n[nH]cc1C(c1ccccc1)N1CCn2nnnc2C1c1ccccc1F. The maximum absolute atomic E-state index is 15.0. The number of hydrogen-bond donors (Lipinski definition) is 1. The van der Waals surface area contributed by atoms with E-state index in [1.165, 1.54) is 6.07 Å². The Hall–Kier alpha value is -3.39. The Kier molecular flexibility index (Phi) is 5.07. The van der Waals surface area contributed by atoms with E-state index < -0.39 is 6.04 Å². The second-order valence-corrected chi connectivity index (χ2v) is 8.12. The predicted molar refractivity (Wildman–Crippen MR) is 114 cm³/mol. The Morgan fingerprint density at radius 1 is 1.03 bits per heavy atom. The lowest BCUT2D eigenvalue weighted by atomic mass is 9.90. The average molecular weight is 417 g/mol. The third-order valence-corrected chi connectivity index (χ3v) is 5.89. The summed E-state index contributed by atoms with van der Waals surface area (Å²) in [6.07, 6.45) is 1.96. The largest absolute Gasteiger partial charge is 0.285 e. The molecule has 1 aliphatic heterocycles. The summed E-state index contributed by atoms with van der Waals surface area (Å²) in [5, 5.41) is 19.9. The van der Waals surface area contributed by atoms with Crippen molar-refractivity contribution < 1.29 is 4.39 Å². The van der Waals surface area contributed by atoms with E-state index in [0.29, 0.717) is 24.5 Å². The first-order valence-electron chi connectivity index (χ1n) is 10.5. The molecule has 4 aromatic rings. The molecule has 0 bridgehead atoms. The van der Waals surface area contributed by atoms with E-state index in [1.54, 1.807) is 10.7 Å². The molecule has 1 N–H and O–H groups in total. The number of benzene rings is 2.